The molecule has 0 atom stereocenters. The molecule has 0 saturated carbocycles. The zero-order valence-corrected chi connectivity index (χ0v) is 9.32. The van der Waals surface area contributed by atoms with E-state index in [1.165, 1.54) is 12.1 Å². The van der Waals surface area contributed by atoms with Crippen molar-refractivity contribution in [3.63, 3.8) is 0 Å². The predicted molar refractivity (Wildman–Crippen MR) is 53.4 cm³/mol. The summed E-state index contributed by atoms with van der Waals surface area (Å²) in [5.41, 5.74) is 0.299. The van der Waals surface area contributed by atoms with Crippen LogP contribution in [0.4, 0.5) is 14.9 Å². The van der Waals surface area contributed by atoms with E-state index >= 15 is 0 Å². The third-order valence-electron chi connectivity index (χ3n) is 1.24. The van der Waals surface area contributed by atoms with E-state index in [4.69, 9.17) is 5.11 Å². The van der Waals surface area contributed by atoms with Crippen LogP contribution in [0, 0.1) is 5.82 Å². The smallest absolute Gasteiger partial charge is 0.409 e. The molecule has 1 amide bonds. The van der Waals surface area contributed by atoms with E-state index in [2.05, 4.69) is 37.2 Å². The Hall–Kier alpha value is -0.620. The van der Waals surface area contributed by atoms with Crippen molar-refractivity contribution in [3.05, 3.63) is 26.9 Å². The van der Waals surface area contributed by atoms with E-state index in [9.17, 15) is 9.18 Å². The summed E-state index contributed by atoms with van der Waals surface area (Å²) >= 11 is 5.90. The van der Waals surface area contributed by atoms with Gasteiger partial charge in [-0.15, -0.1) is 0 Å². The van der Waals surface area contributed by atoms with Crippen molar-refractivity contribution in [1.82, 2.24) is 0 Å². The highest BCUT2D eigenvalue weighted by atomic mass is 79.9. The van der Waals surface area contributed by atoms with E-state index in [-0.39, 0.29) is 8.95 Å². The van der Waals surface area contributed by atoms with Gasteiger partial charge in [0.1, 0.15) is 0 Å². The summed E-state index contributed by atoms with van der Waals surface area (Å²) in [6.07, 6.45) is -1.19. The lowest BCUT2D eigenvalue weighted by atomic mass is 10.3. The predicted octanol–water partition coefficient (Wildman–Crippen LogP) is 3.44. The molecule has 6 heteroatoms. The van der Waals surface area contributed by atoms with Gasteiger partial charge in [-0.3, -0.25) is 5.32 Å². The minimum atomic E-state index is -1.19. The first-order chi connectivity index (χ1) is 6.00. The normalized spacial score (nSPS) is 9.77. The molecule has 0 spiro atoms. The molecule has 0 aromatic heterocycles. The highest BCUT2D eigenvalue weighted by molar-refractivity contribution is 9.11. The average molecular weight is 313 g/mol. The monoisotopic (exact) mass is 311 g/mol. The summed E-state index contributed by atoms with van der Waals surface area (Å²) in [5, 5.41) is 10.5. The van der Waals surface area contributed by atoms with E-state index < -0.39 is 11.9 Å². The average Bonchev–Trinajstić information content (AvgIpc) is 1.98. The van der Waals surface area contributed by atoms with Crippen LogP contribution in [0.5, 0.6) is 0 Å². The molecule has 1 aromatic rings. The summed E-state index contributed by atoms with van der Waals surface area (Å²) in [5.74, 6) is -0.462. The van der Waals surface area contributed by atoms with Crippen LogP contribution >= 0.6 is 31.9 Å². The van der Waals surface area contributed by atoms with Gasteiger partial charge >= 0.3 is 6.09 Å². The quantitative estimate of drug-likeness (QED) is 0.780. The van der Waals surface area contributed by atoms with Gasteiger partial charge in [-0.2, -0.15) is 0 Å². The number of hydrogen-bond acceptors (Lipinski definition) is 1. The first-order valence-electron chi connectivity index (χ1n) is 3.15. The molecule has 0 fully saturated rings. The van der Waals surface area contributed by atoms with Crippen LogP contribution in [0.15, 0.2) is 21.1 Å². The number of nitrogens with one attached hydrogen (secondary N) is 1. The minimum Gasteiger partial charge on any atom is -0.465 e. The van der Waals surface area contributed by atoms with Gasteiger partial charge in [-0.05, 0) is 44.0 Å². The Morgan fingerprint density at radius 2 is 1.85 bits per heavy atom. The highest BCUT2D eigenvalue weighted by Crippen LogP contribution is 2.27. The summed E-state index contributed by atoms with van der Waals surface area (Å²) in [6.45, 7) is 0. The Kier molecular flexibility index (Phi) is 3.27. The van der Waals surface area contributed by atoms with Crippen molar-refractivity contribution in [2.75, 3.05) is 5.32 Å². The lowest BCUT2D eigenvalue weighted by Gasteiger charge is -2.03. The Balaban J connectivity index is 3.06. The molecule has 2 N–H and O–H groups in total. The van der Waals surface area contributed by atoms with Crippen LogP contribution in [-0.4, -0.2) is 11.2 Å². The molecule has 1 aromatic carbocycles. The summed E-state index contributed by atoms with van der Waals surface area (Å²) in [4.78, 5) is 10.2. The number of amides is 1. The van der Waals surface area contributed by atoms with Crippen LogP contribution in [0.25, 0.3) is 0 Å². The molecule has 0 radical (unpaired) electrons. The fraction of sp³-hybridized carbons (Fsp3) is 0. The molecule has 0 bridgehead atoms. The van der Waals surface area contributed by atoms with E-state index in [1.807, 2.05) is 0 Å². The Labute approximate surface area is 90.2 Å². The SMILES string of the molecule is O=C(O)Nc1cc(Br)c(F)c(Br)c1. The number of carbonyl (C=O) groups is 1. The van der Waals surface area contributed by atoms with E-state index in [0.29, 0.717) is 5.69 Å². The zero-order chi connectivity index (χ0) is 10.0. The van der Waals surface area contributed by atoms with Crippen molar-refractivity contribution < 1.29 is 14.3 Å². The largest absolute Gasteiger partial charge is 0.465 e. The number of hydrogen-bond donors (Lipinski definition) is 2. The topological polar surface area (TPSA) is 49.3 Å². The lowest BCUT2D eigenvalue weighted by molar-refractivity contribution is 0.209. The lowest BCUT2D eigenvalue weighted by Crippen LogP contribution is -2.07. The standard InChI is InChI=1S/C7H4Br2FNO2/c8-4-1-3(11-7(12)13)2-5(9)6(4)10/h1-2,11H,(H,12,13). The molecule has 0 saturated heterocycles. The molecule has 0 unspecified atom stereocenters. The van der Waals surface area contributed by atoms with E-state index in [0.717, 1.165) is 0 Å². The summed E-state index contributed by atoms with van der Waals surface area (Å²) in [6, 6.07) is 2.68. The molecule has 1 rings (SSSR count). The second kappa shape index (κ2) is 4.06. The van der Waals surface area contributed by atoms with Crippen molar-refractivity contribution >= 4 is 43.6 Å². The summed E-state index contributed by atoms with van der Waals surface area (Å²) < 4.78 is 13.4. The molecule has 70 valence electrons. The number of carboxylic acid groups (broad SMARTS) is 1. The first-order valence-corrected chi connectivity index (χ1v) is 4.74. The van der Waals surface area contributed by atoms with Gasteiger partial charge in [0.2, 0.25) is 0 Å². The summed E-state index contributed by atoms with van der Waals surface area (Å²) in [7, 11) is 0. The molecule has 13 heavy (non-hydrogen) atoms. The number of halogens is 3. The van der Waals surface area contributed by atoms with Crippen LogP contribution in [0.2, 0.25) is 0 Å². The van der Waals surface area contributed by atoms with Crippen LogP contribution < -0.4 is 5.32 Å². The van der Waals surface area contributed by atoms with Gasteiger partial charge in [0.15, 0.2) is 5.82 Å². The zero-order valence-electron chi connectivity index (χ0n) is 6.14. The van der Waals surface area contributed by atoms with Gasteiger partial charge in [0.05, 0.1) is 8.95 Å². The van der Waals surface area contributed by atoms with E-state index in [1.54, 1.807) is 0 Å². The highest BCUT2D eigenvalue weighted by Gasteiger charge is 2.07. The third-order valence-corrected chi connectivity index (χ3v) is 2.39. The fourth-order valence-corrected chi connectivity index (χ4v) is 1.94. The molecular weight excluding hydrogens is 309 g/mol. The van der Waals surface area contributed by atoms with Gasteiger partial charge in [0, 0.05) is 5.69 Å². The first kappa shape index (κ1) is 10.5. The number of benzene rings is 1. The van der Waals surface area contributed by atoms with Gasteiger partial charge in [0.25, 0.3) is 0 Å². The second-order valence-corrected chi connectivity index (χ2v) is 3.89. The van der Waals surface area contributed by atoms with Gasteiger partial charge < -0.3 is 5.11 Å². The van der Waals surface area contributed by atoms with Gasteiger partial charge in [-0.25, -0.2) is 9.18 Å². The van der Waals surface area contributed by atoms with Crippen molar-refractivity contribution in [2.45, 2.75) is 0 Å². The Morgan fingerprint density at radius 1 is 1.38 bits per heavy atom. The maximum atomic E-state index is 13.0. The maximum absolute atomic E-state index is 13.0. The van der Waals surface area contributed by atoms with Crippen LogP contribution in [0.3, 0.4) is 0 Å². The Bertz CT molecular complexity index is 333. The van der Waals surface area contributed by atoms with Crippen LogP contribution in [0.1, 0.15) is 0 Å². The fourth-order valence-electron chi connectivity index (χ4n) is 0.751. The van der Waals surface area contributed by atoms with Crippen LogP contribution in [-0.2, 0) is 0 Å². The third kappa shape index (κ3) is 2.67. The molecule has 0 aliphatic heterocycles. The van der Waals surface area contributed by atoms with Crippen molar-refractivity contribution in [3.8, 4) is 0 Å². The molecule has 0 heterocycles. The van der Waals surface area contributed by atoms with Crippen molar-refractivity contribution in [2.24, 2.45) is 0 Å². The molecule has 0 aliphatic rings. The molecule has 0 aliphatic carbocycles. The second-order valence-electron chi connectivity index (χ2n) is 2.18. The molecule has 3 nitrogen and oxygen atoms in total. The number of rotatable bonds is 1. The van der Waals surface area contributed by atoms with Crippen molar-refractivity contribution in [1.29, 1.82) is 0 Å². The minimum absolute atomic E-state index is 0.200. The maximum Gasteiger partial charge on any atom is 0.409 e. The number of anilines is 1. The van der Waals surface area contributed by atoms with Gasteiger partial charge in [-0.1, -0.05) is 0 Å². The molecular formula is C7H4Br2FNO2. The Morgan fingerprint density at radius 3 is 2.23 bits per heavy atom.